The van der Waals surface area contributed by atoms with Crippen LogP contribution in [0, 0.1) is 5.92 Å². The van der Waals surface area contributed by atoms with Gasteiger partial charge in [0.1, 0.15) is 0 Å². The Morgan fingerprint density at radius 1 is 0.286 bits per heavy atom. The average molecular weight is 809 g/mol. The molecule has 0 saturated heterocycles. The quantitative estimate of drug-likeness (QED) is 0.128. The Morgan fingerprint density at radius 3 is 0.857 bits per heavy atom. The minimum absolute atomic E-state index is 0.139. The monoisotopic (exact) mass is 808 g/mol. The molecule has 0 heterocycles. The van der Waals surface area contributed by atoms with Gasteiger partial charge in [0.2, 0.25) is 0 Å². The molecule has 0 saturated carbocycles. The number of rotatable bonds is 11. The van der Waals surface area contributed by atoms with Crippen molar-refractivity contribution in [2.75, 3.05) is 9.80 Å². The minimum atomic E-state index is 0.139. The van der Waals surface area contributed by atoms with Crippen LogP contribution in [-0.4, -0.2) is 6.04 Å². The first-order valence-electron chi connectivity index (χ1n) is 21.9. The Balaban J connectivity index is 0.955. The molecule has 2 atom stereocenters. The van der Waals surface area contributed by atoms with E-state index in [0.29, 0.717) is 0 Å². The summed E-state index contributed by atoms with van der Waals surface area (Å²) in [5.41, 5.74) is 17.7. The van der Waals surface area contributed by atoms with Crippen LogP contribution in [-0.2, 0) is 0 Å². The van der Waals surface area contributed by atoms with Crippen LogP contribution in [0.5, 0.6) is 0 Å². The molecule has 2 unspecified atom stereocenters. The molecule has 9 aromatic carbocycles. The van der Waals surface area contributed by atoms with E-state index >= 15 is 0 Å². The lowest BCUT2D eigenvalue weighted by atomic mass is 9.88. The van der Waals surface area contributed by atoms with E-state index < -0.39 is 0 Å². The van der Waals surface area contributed by atoms with Gasteiger partial charge in [0, 0.05) is 28.4 Å². The van der Waals surface area contributed by atoms with Gasteiger partial charge in [-0.2, -0.15) is 0 Å². The molecule has 0 fully saturated rings. The van der Waals surface area contributed by atoms with Gasteiger partial charge in [0.05, 0.1) is 6.04 Å². The summed E-state index contributed by atoms with van der Waals surface area (Å²) in [6.07, 6.45) is 7.08. The first-order chi connectivity index (χ1) is 31.1. The third-order valence-electron chi connectivity index (χ3n) is 12.2. The summed E-state index contributed by atoms with van der Waals surface area (Å²) in [6.45, 7) is 2.33. The van der Waals surface area contributed by atoms with E-state index in [-0.39, 0.29) is 12.0 Å². The number of nitrogens with zero attached hydrogens (tertiary/aromatic N) is 2. The molecular formula is C61H48N2. The van der Waals surface area contributed by atoms with Gasteiger partial charge in [-0.3, -0.25) is 0 Å². The average Bonchev–Trinajstić information content (AvgIpc) is 3.37. The normalized spacial score (nSPS) is 14.5. The van der Waals surface area contributed by atoms with Gasteiger partial charge in [-0.25, -0.2) is 0 Å². The van der Waals surface area contributed by atoms with Crippen molar-refractivity contribution in [3.05, 3.63) is 266 Å². The van der Waals surface area contributed by atoms with Crippen molar-refractivity contribution >= 4 is 34.0 Å². The first kappa shape index (κ1) is 39.2. The third-order valence-corrected chi connectivity index (χ3v) is 12.2. The van der Waals surface area contributed by atoms with Crippen LogP contribution in [0.15, 0.2) is 261 Å². The molecule has 0 N–H and O–H groups in total. The molecule has 1 aliphatic carbocycles. The standard InChI is InChI=1S/C61H48N2/c1-45-44-55(49-20-12-5-13-21-49)32-43-61(45)63(59-39-28-52(29-40-59)48-18-10-4-11-19-48)60-41-30-54(31-42-60)53-26-37-58(38-27-53)62(56-33-22-50(23-34-56)46-14-6-2-7-15-46)57-35-24-51(25-36-57)47-16-8-3-9-17-47/h2-45,61H,1H3. The van der Waals surface area contributed by atoms with Crippen LogP contribution in [0.4, 0.5) is 28.4 Å². The number of hydrogen-bond acceptors (Lipinski definition) is 2. The molecule has 2 heteroatoms. The third kappa shape index (κ3) is 8.53. The van der Waals surface area contributed by atoms with Crippen molar-refractivity contribution in [3.63, 3.8) is 0 Å². The second-order valence-corrected chi connectivity index (χ2v) is 16.2. The molecule has 0 spiro atoms. The summed E-state index contributed by atoms with van der Waals surface area (Å²) in [4.78, 5) is 4.83. The predicted octanol–water partition coefficient (Wildman–Crippen LogP) is 16.6. The highest BCUT2D eigenvalue weighted by Crippen LogP contribution is 2.40. The van der Waals surface area contributed by atoms with Crippen LogP contribution < -0.4 is 9.80 Å². The molecule has 0 bridgehead atoms. The lowest BCUT2D eigenvalue weighted by Crippen LogP contribution is -2.35. The van der Waals surface area contributed by atoms with Crippen molar-refractivity contribution in [1.29, 1.82) is 0 Å². The molecule has 0 amide bonds. The molecule has 302 valence electrons. The van der Waals surface area contributed by atoms with Crippen LogP contribution in [0.3, 0.4) is 0 Å². The zero-order chi connectivity index (χ0) is 42.4. The minimum Gasteiger partial charge on any atom is -0.334 e. The van der Waals surface area contributed by atoms with Gasteiger partial charge >= 0.3 is 0 Å². The van der Waals surface area contributed by atoms with E-state index in [9.17, 15) is 0 Å². The van der Waals surface area contributed by atoms with E-state index in [0.717, 1.165) is 22.7 Å². The van der Waals surface area contributed by atoms with Gasteiger partial charge in [0.25, 0.3) is 0 Å². The molecule has 63 heavy (non-hydrogen) atoms. The van der Waals surface area contributed by atoms with Gasteiger partial charge in [-0.05, 0) is 122 Å². The Bertz CT molecular complexity index is 2860. The largest absolute Gasteiger partial charge is 0.334 e. The molecule has 10 rings (SSSR count). The summed E-state index contributed by atoms with van der Waals surface area (Å²) in [7, 11) is 0. The van der Waals surface area contributed by atoms with E-state index in [1.807, 2.05) is 0 Å². The van der Waals surface area contributed by atoms with Crippen molar-refractivity contribution in [3.8, 4) is 44.5 Å². The highest BCUT2D eigenvalue weighted by atomic mass is 15.2. The van der Waals surface area contributed by atoms with E-state index in [4.69, 9.17) is 0 Å². The maximum atomic E-state index is 2.49. The second kappa shape index (κ2) is 18.0. The van der Waals surface area contributed by atoms with Crippen molar-refractivity contribution < 1.29 is 0 Å². The fourth-order valence-electron chi connectivity index (χ4n) is 8.83. The van der Waals surface area contributed by atoms with Crippen LogP contribution in [0.1, 0.15) is 12.5 Å². The molecule has 0 aliphatic heterocycles. The SMILES string of the molecule is CC1C=C(c2ccccc2)C=CC1N(c1ccc(-c2ccccc2)cc1)c1ccc(-c2ccc(N(c3ccc(-c4ccccc4)cc3)c3ccc(-c4ccccc4)cc3)cc2)cc1. The fourth-order valence-corrected chi connectivity index (χ4v) is 8.83. The topological polar surface area (TPSA) is 6.48 Å². The van der Waals surface area contributed by atoms with Gasteiger partial charge in [-0.15, -0.1) is 0 Å². The molecular weight excluding hydrogens is 761 g/mol. The first-order valence-corrected chi connectivity index (χ1v) is 21.9. The summed E-state index contributed by atoms with van der Waals surface area (Å²) < 4.78 is 0. The lowest BCUT2D eigenvalue weighted by Gasteiger charge is -2.37. The van der Waals surface area contributed by atoms with Gasteiger partial charge in [-0.1, -0.05) is 207 Å². The van der Waals surface area contributed by atoms with Crippen molar-refractivity contribution in [1.82, 2.24) is 0 Å². The smallest absolute Gasteiger partial charge is 0.0585 e. The number of benzene rings is 9. The highest BCUT2D eigenvalue weighted by molar-refractivity contribution is 5.82. The summed E-state index contributed by atoms with van der Waals surface area (Å²) in [5, 5.41) is 0. The number of anilines is 5. The number of hydrogen-bond donors (Lipinski definition) is 0. The van der Waals surface area contributed by atoms with Gasteiger partial charge in [0.15, 0.2) is 0 Å². The molecule has 1 aliphatic rings. The number of allylic oxidation sites excluding steroid dienone is 2. The summed E-state index contributed by atoms with van der Waals surface area (Å²) in [6, 6.07) is 87.4. The van der Waals surface area contributed by atoms with Crippen LogP contribution >= 0.6 is 0 Å². The summed E-state index contributed by atoms with van der Waals surface area (Å²) in [5.74, 6) is 0.276. The van der Waals surface area contributed by atoms with Crippen LogP contribution in [0.25, 0.3) is 50.1 Å². The zero-order valence-corrected chi connectivity index (χ0v) is 35.4. The van der Waals surface area contributed by atoms with E-state index in [1.54, 1.807) is 0 Å². The zero-order valence-electron chi connectivity index (χ0n) is 35.4. The Labute approximate surface area is 372 Å². The van der Waals surface area contributed by atoms with Crippen LogP contribution in [0.2, 0.25) is 0 Å². The Morgan fingerprint density at radius 2 is 0.556 bits per heavy atom. The van der Waals surface area contributed by atoms with E-state index in [2.05, 4.69) is 278 Å². The molecule has 0 radical (unpaired) electrons. The molecule has 0 aromatic heterocycles. The van der Waals surface area contributed by atoms with Gasteiger partial charge < -0.3 is 9.80 Å². The van der Waals surface area contributed by atoms with Crippen molar-refractivity contribution in [2.24, 2.45) is 5.92 Å². The molecule has 9 aromatic rings. The lowest BCUT2D eigenvalue weighted by molar-refractivity contribution is 0.611. The van der Waals surface area contributed by atoms with Crippen molar-refractivity contribution in [2.45, 2.75) is 13.0 Å². The maximum Gasteiger partial charge on any atom is 0.0585 e. The molecule has 2 nitrogen and oxygen atoms in total. The highest BCUT2D eigenvalue weighted by Gasteiger charge is 2.26. The predicted molar refractivity (Wildman–Crippen MR) is 268 cm³/mol. The maximum absolute atomic E-state index is 2.49. The Kier molecular flexibility index (Phi) is 11.2. The Hall–Kier alpha value is -7.94. The van der Waals surface area contributed by atoms with E-state index in [1.165, 1.54) is 61.3 Å². The fraction of sp³-hybridized carbons (Fsp3) is 0.0492. The second-order valence-electron chi connectivity index (χ2n) is 16.2. The summed E-state index contributed by atoms with van der Waals surface area (Å²) >= 11 is 0.